The number of carbonyl (C=O) groups is 1. The van der Waals surface area contributed by atoms with Crippen molar-refractivity contribution in [1.29, 1.82) is 0 Å². The molecule has 1 unspecified atom stereocenters. The molecule has 3 nitrogen and oxygen atoms in total. The number of carboxylic acids is 1. The molecule has 0 rings (SSSR count). The molecule has 0 heterocycles. The van der Waals surface area contributed by atoms with E-state index in [-0.39, 0.29) is 0 Å². The van der Waals surface area contributed by atoms with Gasteiger partial charge < -0.3 is 10.8 Å². The molecule has 0 aliphatic carbocycles. The van der Waals surface area contributed by atoms with Gasteiger partial charge in [-0.15, -0.1) is 11.6 Å². The van der Waals surface area contributed by atoms with Crippen LogP contribution in [0.1, 0.15) is 13.8 Å². The monoisotopic (exact) mass is 151 g/mol. The van der Waals surface area contributed by atoms with E-state index in [4.69, 9.17) is 22.4 Å². The van der Waals surface area contributed by atoms with Gasteiger partial charge in [-0.25, -0.2) is 0 Å². The molecule has 0 saturated heterocycles. The number of aliphatic carboxylic acids is 1. The Balaban J connectivity index is 4.04. The topological polar surface area (TPSA) is 63.3 Å². The molecule has 0 aliphatic rings. The van der Waals surface area contributed by atoms with Crippen LogP contribution in [0.5, 0.6) is 0 Å². The minimum atomic E-state index is -1.07. The molecule has 0 aromatic rings. The first-order chi connectivity index (χ1) is 3.85. The van der Waals surface area contributed by atoms with Crippen LogP contribution in [0.15, 0.2) is 0 Å². The lowest BCUT2D eigenvalue weighted by molar-refractivity contribution is -0.139. The summed E-state index contributed by atoms with van der Waals surface area (Å²) in [6.45, 7) is 3.13. The second-order valence-electron chi connectivity index (χ2n) is 2.38. The van der Waals surface area contributed by atoms with Crippen LogP contribution in [-0.4, -0.2) is 22.0 Å². The van der Waals surface area contributed by atoms with Crippen LogP contribution in [-0.2, 0) is 4.79 Å². The molecular formula is C5H10ClNO2. The number of halogens is 1. The van der Waals surface area contributed by atoms with Crippen LogP contribution < -0.4 is 5.73 Å². The lowest BCUT2D eigenvalue weighted by Gasteiger charge is -2.19. The SMILES string of the molecule is CC(C)(Cl)C(N)C(=O)O. The van der Waals surface area contributed by atoms with E-state index in [1.807, 2.05) is 0 Å². The molecule has 0 aromatic heterocycles. The third-order valence-electron chi connectivity index (χ3n) is 1.01. The first-order valence-electron chi connectivity index (χ1n) is 2.53. The number of carboxylic acid groups (broad SMARTS) is 1. The Morgan fingerprint density at radius 1 is 1.78 bits per heavy atom. The predicted molar refractivity (Wildman–Crippen MR) is 35.5 cm³/mol. The first-order valence-corrected chi connectivity index (χ1v) is 2.91. The molecule has 3 N–H and O–H groups in total. The Morgan fingerprint density at radius 3 is 2.11 bits per heavy atom. The van der Waals surface area contributed by atoms with Crippen LogP contribution in [0.3, 0.4) is 0 Å². The molecule has 0 aromatic carbocycles. The molecule has 0 spiro atoms. The van der Waals surface area contributed by atoms with Gasteiger partial charge in [0.15, 0.2) is 0 Å². The molecule has 0 aliphatic heterocycles. The van der Waals surface area contributed by atoms with Crippen LogP contribution in [0.25, 0.3) is 0 Å². The Hall–Kier alpha value is -0.280. The summed E-state index contributed by atoms with van der Waals surface area (Å²) >= 11 is 5.57. The fourth-order valence-electron chi connectivity index (χ4n) is 0.294. The molecule has 9 heavy (non-hydrogen) atoms. The van der Waals surface area contributed by atoms with Crippen molar-refractivity contribution in [2.45, 2.75) is 24.8 Å². The lowest BCUT2D eigenvalue weighted by atomic mass is 10.1. The number of alkyl halides is 1. The van der Waals surface area contributed by atoms with Crippen molar-refractivity contribution in [2.24, 2.45) is 5.73 Å². The first kappa shape index (κ1) is 8.72. The van der Waals surface area contributed by atoms with Gasteiger partial charge >= 0.3 is 5.97 Å². The molecule has 1 atom stereocenters. The minimum Gasteiger partial charge on any atom is -0.480 e. The highest BCUT2D eigenvalue weighted by Gasteiger charge is 2.29. The molecule has 0 radical (unpaired) electrons. The van der Waals surface area contributed by atoms with Crippen molar-refractivity contribution in [3.05, 3.63) is 0 Å². The molecule has 0 amide bonds. The van der Waals surface area contributed by atoms with E-state index in [0.717, 1.165) is 0 Å². The number of nitrogens with two attached hydrogens (primary N) is 1. The highest BCUT2D eigenvalue weighted by molar-refractivity contribution is 6.25. The van der Waals surface area contributed by atoms with Gasteiger partial charge in [-0.1, -0.05) is 0 Å². The Bertz CT molecular complexity index is 119. The van der Waals surface area contributed by atoms with Gasteiger partial charge in [0.1, 0.15) is 6.04 Å². The summed E-state index contributed by atoms with van der Waals surface area (Å²) in [4.78, 5) is 9.27. The number of hydrogen-bond acceptors (Lipinski definition) is 2. The summed E-state index contributed by atoms with van der Waals surface area (Å²) in [6.07, 6.45) is 0. The standard InChI is InChI=1S/C5H10ClNO2/c1-5(2,6)3(7)4(8)9/h3H,7H2,1-2H3,(H,8,9). The van der Waals surface area contributed by atoms with Crippen LogP contribution >= 0.6 is 11.6 Å². The molecule has 54 valence electrons. The largest absolute Gasteiger partial charge is 0.480 e. The Labute approximate surface area is 58.8 Å². The van der Waals surface area contributed by atoms with E-state index in [1.54, 1.807) is 13.8 Å². The molecule has 0 bridgehead atoms. The van der Waals surface area contributed by atoms with Crippen molar-refractivity contribution < 1.29 is 9.90 Å². The third kappa shape index (κ3) is 2.67. The van der Waals surface area contributed by atoms with Gasteiger partial charge in [0.25, 0.3) is 0 Å². The van der Waals surface area contributed by atoms with Crippen LogP contribution in [0, 0.1) is 0 Å². The molecule has 0 fully saturated rings. The van der Waals surface area contributed by atoms with Crippen molar-refractivity contribution >= 4 is 17.6 Å². The number of hydrogen-bond donors (Lipinski definition) is 2. The van der Waals surface area contributed by atoms with Gasteiger partial charge in [-0.3, -0.25) is 4.79 Å². The second kappa shape index (κ2) is 2.54. The third-order valence-corrected chi connectivity index (χ3v) is 1.24. The van der Waals surface area contributed by atoms with Gasteiger partial charge in [0.2, 0.25) is 0 Å². The summed E-state index contributed by atoms with van der Waals surface area (Å²) < 4.78 is 0. The summed E-state index contributed by atoms with van der Waals surface area (Å²) in [6, 6.07) is -1.00. The van der Waals surface area contributed by atoms with Crippen LogP contribution in [0.4, 0.5) is 0 Å². The van der Waals surface area contributed by atoms with Crippen molar-refractivity contribution in [3.8, 4) is 0 Å². The molecular weight excluding hydrogens is 142 g/mol. The van der Waals surface area contributed by atoms with Gasteiger partial charge in [0, 0.05) is 0 Å². The zero-order chi connectivity index (χ0) is 7.65. The zero-order valence-corrected chi connectivity index (χ0v) is 6.14. The van der Waals surface area contributed by atoms with E-state index in [0.29, 0.717) is 0 Å². The van der Waals surface area contributed by atoms with E-state index in [1.165, 1.54) is 0 Å². The summed E-state index contributed by atoms with van der Waals surface area (Å²) in [7, 11) is 0. The van der Waals surface area contributed by atoms with Gasteiger partial charge in [0.05, 0.1) is 4.87 Å². The fraction of sp³-hybridized carbons (Fsp3) is 0.800. The fourth-order valence-corrected chi connectivity index (χ4v) is 0.387. The van der Waals surface area contributed by atoms with E-state index < -0.39 is 16.9 Å². The quantitative estimate of drug-likeness (QED) is 0.562. The zero-order valence-electron chi connectivity index (χ0n) is 5.39. The average Bonchev–Trinajstić information content (AvgIpc) is 1.62. The second-order valence-corrected chi connectivity index (χ2v) is 3.35. The maximum Gasteiger partial charge on any atom is 0.322 e. The summed E-state index contributed by atoms with van der Waals surface area (Å²) in [5.41, 5.74) is 5.16. The Kier molecular flexibility index (Phi) is 2.46. The van der Waals surface area contributed by atoms with Gasteiger partial charge in [-0.2, -0.15) is 0 Å². The average molecular weight is 152 g/mol. The lowest BCUT2D eigenvalue weighted by Crippen LogP contribution is -2.45. The van der Waals surface area contributed by atoms with Crippen LogP contribution in [0.2, 0.25) is 0 Å². The van der Waals surface area contributed by atoms with E-state index >= 15 is 0 Å². The van der Waals surface area contributed by atoms with Crippen molar-refractivity contribution in [2.75, 3.05) is 0 Å². The smallest absolute Gasteiger partial charge is 0.322 e. The highest BCUT2D eigenvalue weighted by Crippen LogP contribution is 2.15. The Morgan fingerprint density at radius 2 is 2.11 bits per heavy atom. The predicted octanol–water partition coefficient (Wildman–Crippen LogP) is 0.416. The summed E-state index contributed by atoms with van der Waals surface area (Å²) in [5.74, 6) is -1.07. The van der Waals surface area contributed by atoms with E-state index in [2.05, 4.69) is 0 Å². The van der Waals surface area contributed by atoms with E-state index in [9.17, 15) is 4.79 Å². The highest BCUT2D eigenvalue weighted by atomic mass is 35.5. The molecule has 4 heteroatoms. The van der Waals surface area contributed by atoms with Crippen molar-refractivity contribution in [3.63, 3.8) is 0 Å². The minimum absolute atomic E-state index is 0.869. The van der Waals surface area contributed by atoms with Crippen molar-refractivity contribution in [1.82, 2.24) is 0 Å². The molecule has 0 saturated carbocycles. The normalized spacial score (nSPS) is 15.1. The maximum atomic E-state index is 10.1. The van der Waals surface area contributed by atoms with Gasteiger partial charge in [-0.05, 0) is 13.8 Å². The summed E-state index contributed by atoms with van der Waals surface area (Å²) in [5, 5.41) is 8.31. The number of rotatable bonds is 2. The maximum absolute atomic E-state index is 10.1.